The molecule has 32 heavy (non-hydrogen) atoms. The fraction of sp³-hybridized carbons (Fsp3) is 0.250. The summed E-state index contributed by atoms with van der Waals surface area (Å²) >= 11 is 1.12. The van der Waals surface area contributed by atoms with Crippen LogP contribution in [0.4, 0.5) is 5.69 Å². The number of anilines is 1. The summed E-state index contributed by atoms with van der Waals surface area (Å²) in [5, 5.41) is 14.7. The second-order valence-electron chi connectivity index (χ2n) is 6.13. The van der Waals surface area contributed by atoms with Crippen molar-refractivity contribution < 1.29 is 28.5 Å². The fourth-order valence-corrected chi connectivity index (χ4v) is 3.49. The number of aromatic nitrogens is 4. The number of carbonyl (C=O) groups is 2. The molecule has 0 aliphatic carbocycles. The number of hydrogen-bond donors (Lipinski definition) is 1. The first-order valence-corrected chi connectivity index (χ1v) is 10.2. The van der Waals surface area contributed by atoms with E-state index in [2.05, 4.69) is 20.8 Å². The van der Waals surface area contributed by atoms with Crippen LogP contribution in [-0.4, -0.2) is 66.3 Å². The topological polar surface area (TPSA) is 127 Å². The smallest absolute Gasteiger partial charge is 0.340 e. The molecule has 0 atom stereocenters. The normalized spacial score (nSPS) is 10.4. The molecule has 3 aromatic rings. The third kappa shape index (κ3) is 4.91. The van der Waals surface area contributed by atoms with Crippen LogP contribution in [0, 0.1) is 0 Å². The van der Waals surface area contributed by atoms with Gasteiger partial charge in [0.05, 0.1) is 45.4 Å². The lowest BCUT2D eigenvalue weighted by atomic mass is 10.1. The maximum atomic E-state index is 12.6. The van der Waals surface area contributed by atoms with Gasteiger partial charge in [-0.2, -0.15) is 4.68 Å². The van der Waals surface area contributed by atoms with E-state index in [-0.39, 0.29) is 22.9 Å². The lowest BCUT2D eigenvalue weighted by Crippen LogP contribution is -2.18. The molecule has 0 spiro atoms. The maximum Gasteiger partial charge on any atom is 0.340 e. The van der Waals surface area contributed by atoms with Crippen LogP contribution in [0.25, 0.3) is 5.69 Å². The van der Waals surface area contributed by atoms with Gasteiger partial charge in [-0.3, -0.25) is 4.79 Å². The molecule has 1 N–H and O–H groups in total. The Kier molecular flexibility index (Phi) is 7.49. The zero-order valence-corrected chi connectivity index (χ0v) is 18.6. The van der Waals surface area contributed by atoms with E-state index in [0.29, 0.717) is 28.1 Å². The molecule has 0 saturated heterocycles. The Labute approximate surface area is 188 Å². The van der Waals surface area contributed by atoms with Crippen molar-refractivity contribution in [2.45, 2.75) is 5.16 Å². The highest BCUT2D eigenvalue weighted by molar-refractivity contribution is 7.99. The van der Waals surface area contributed by atoms with Gasteiger partial charge in [-0.25, -0.2) is 4.79 Å². The molecule has 0 saturated carbocycles. The minimum absolute atomic E-state index is 0.0233. The summed E-state index contributed by atoms with van der Waals surface area (Å²) in [6, 6.07) is 10.2. The average Bonchev–Trinajstić information content (AvgIpc) is 3.30. The van der Waals surface area contributed by atoms with Crippen LogP contribution in [0.15, 0.2) is 41.6 Å². The number of benzene rings is 2. The molecule has 2 aromatic carbocycles. The summed E-state index contributed by atoms with van der Waals surface area (Å²) < 4.78 is 22.1. The van der Waals surface area contributed by atoms with Gasteiger partial charge in [0.25, 0.3) is 0 Å². The molecule has 0 bridgehead atoms. The number of nitrogens with one attached hydrogen (secondary N) is 1. The third-order valence-corrected chi connectivity index (χ3v) is 5.21. The Balaban J connectivity index is 1.78. The van der Waals surface area contributed by atoms with Crippen LogP contribution < -0.4 is 19.5 Å². The number of esters is 1. The van der Waals surface area contributed by atoms with E-state index in [4.69, 9.17) is 18.9 Å². The number of methoxy groups -OCH3 is 4. The van der Waals surface area contributed by atoms with Crippen LogP contribution >= 0.6 is 11.8 Å². The van der Waals surface area contributed by atoms with E-state index >= 15 is 0 Å². The second-order valence-corrected chi connectivity index (χ2v) is 7.07. The Morgan fingerprint density at radius 2 is 1.69 bits per heavy atom. The Morgan fingerprint density at radius 3 is 2.38 bits per heavy atom. The van der Waals surface area contributed by atoms with Gasteiger partial charge in [-0.15, -0.1) is 5.10 Å². The monoisotopic (exact) mass is 459 g/mol. The summed E-state index contributed by atoms with van der Waals surface area (Å²) in [6.07, 6.45) is 0. The highest BCUT2D eigenvalue weighted by Crippen LogP contribution is 2.34. The number of nitrogens with zero attached hydrogens (tertiary/aromatic N) is 4. The van der Waals surface area contributed by atoms with Crippen molar-refractivity contribution in [2.75, 3.05) is 39.5 Å². The first-order chi connectivity index (χ1) is 15.5. The van der Waals surface area contributed by atoms with Crippen LogP contribution in [0.1, 0.15) is 10.4 Å². The lowest BCUT2D eigenvalue weighted by molar-refractivity contribution is -0.113. The average molecular weight is 459 g/mol. The lowest BCUT2D eigenvalue weighted by Gasteiger charge is -2.14. The van der Waals surface area contributed by atoms with Gasteiger partial charge in [-0.05, 0) is 22.6 Å². The number of amides is 1. The Hall–Kier alpha value is -3.80. The molecule has 1 aromatic heterocycles. The summed E-state index contributed by atoms with van der Waals surface area (Å²) in [4.78, 5) is 24.8. The maximum absolute atomic E-state index is 12.6. The summed E-state index contributed by atoms with van der Waals surface area (Å²) in [6.45, 7) is 0. The Morgan fingerprint density at radius 1 is 1.00 bits per heavy atom. The van der Waals surface area contributed by atoms with E-state index in [9.17, 15) is 9.59 Å². The van der Waals surface area contributed by atoms with Crippen molar-refractivity contribution in [1.29, 1.82) is 0 Å². The number of rotatable bonds is 9. The minimum Gasteiger partial charge on any atom is -0.494 e. The summed E-state index contributed by atoms with van der Waals surface area (Å²) in [5.74, 6) is 0.222. The van der Waals surface area contributed by atoms with Gasteiger partial charge < -0.3 is 24.3 Å². The first-order valence-electron chi connectivity index (χ1n) is 9.21. The van der Waals surface area contributed by atoms with E-state index in [1.54, 1.807) is 19.2 Å². The predicted octanol–water partition coefficient (Wildman–Crippen LogP) is 2.21. The largest absolute Gasteiger partial charge is 0.494 e. The van der Waals surface area contributed by atoms with Crippen LogP contribution in [0.2, 0.25) is 0 Å². The number of para-hydroxylation sites is 2. The van der Waals surface area contributed by atoms with Crippen molar-refractivity contribution in [3.8, 4) is 22.9 Å². The number of carbonyl (C=O) groups excluding carboxylic acids is 2. The molecule has 0 aliphatic heterocycles. The molecular formula is C20H21N5O6S. The highest BCUT2D eigenvalue weighted by atomic mass is 32.2. The molecular weight excluding hydrogens is 438 g/mol. The molecule has 11 nitrogen and oxygen atoms in total. The SMILES string of the molecule is COC(=O)c1cc(OC)c(OC)cc1NC(=O)CSc1nnnn1-c1ccccc1OC. The summed E-state index contributed by atoms with van der Waals surface area (Å²) in [5.41, 5.74) is 0.988. The van der Waals surface area contributed by atoms with Crippen molar-refractivity contribution >= 4 is 29.3 Å². The van der Waals surface area contributed by atoms with E-state index in [0.717, 1.165) is 11.8 Å². The summed E-state index contributed by atoms with van der Waals surface area (Å²) in [7, 11) is 5.69. The molecule has 0 radical (unpaired) electrons. The van der Waals surface area contributed by atoms with Crippen molar-refractivity contribution in [3.63, 3.8) is 0 Å². The minimum atomic E-state index is -0.631. The Bertz CT molecular complexity index is 1120. The quantitative estimate of drug-likeness (QED) is 0.376. The third-order valence-electron chi connectivity index (χ3n) is 4.29. The zero-order chi connectivity index (χ0) is 23.1. The van der Waals surface area contributed by atoms with Gasteiger partial charge in [0.1, 0.15) is 11.4 Å². The van der Waals surface area contributed by atoms with Crippen molar-refractivity contribution in [2.24, 2.45) is 0 Å². The van der Waals surface area contributed by atoms with Gasteiger partial charge in [0, 0.05) is 12.1 Å². The molecule has 1 heterocycles. The number of tetrazole rings is 1. The number of thioether (sulfide) groups is 1. The van der Waals surface area contributed by atoms with Crippen molar-refractivity contribution in [3.05, 3.63) is 42.0 Å². The van der Waals surface area contributed by atoms with Gasteiger partial charge in [0.2, 0.25) is 11.1 Å². The van der Waals surface area contributed by atoms with Crippen LogP contribution in [0.3, 0.4) is 0 Å². The van der Waals surface area contributed by atoms with Crippen LogP contribution in [-0.2, 0) is 9.53 Å². The molecule has 168 valence electrons. The van der Waals surface area contributed by atoms with E-state index in [1.165, 1.54) is 38.1 Å². The number of hydrogen-bond acceptors (Lipinski definition) is 10. The highest BCUT2D eigenvalue weighted by Gasteiger charge is 2.20. The standard InChI is InChI=1S/C20H21N5O6S/c1-28-15-8-6-5-7-14(15)25-20(22-23-24-25)32-11-18(26)21-13-10-17(30-3)16(29-2)9-12(13)19(27)31-4/h5-10H,11H2,1-4H3,(H,21,26). The van der Waals surface area contributed by atoms with Gasteiger partial charge >= 0.3 is 5.97 Å². The second kappa shape index (κ2) is 10.5. The van der Waals surface area contributed by atoms with Gasteiger partial charge in [0.15, 0.2) is 11.5 Å². The fourth-order valence-electron chi connectivity index (χ4n) is 2.80. The van der Waals surface area contributed by atoms with Gasteiger partial charge in [-0.1, -0.05) is 23.9 Å². The van der Waals surface area contributed by atoms with Crippen LogP contribution in [0.5, 0.6) is 17.2 Å². The molecule has 1 amide bonds. The molecule has 0 aliphatic rings. The molecule has 0 fully saturated rings. The number of ether oxygens (including phenoxy) is 4. The van der Waals surface area contributed by atoms with E-state index in [1.807, 2.05) is 12.1 Å². The van der Waals surface area contributed by atoms with E-state index < -0.39 is 5.97 Å². The predicted molar refractivity (Wildman–Crippen MR) is 116 cm³/mol. The molecule has 0 unspecified atom stereocenters. The molecule has 12 heteroatoms. The molecule has 3 rings (SSSR count). The first kappa shape index (κ1) is 22.9. The zero-order valence-electron chi connectivity index (χ0n) is 17.8. The van der Waals surface area contributed by atoms with Crippen molar-refractivity contribution in [1.82, 2.24) is 20.2 Å².